The van der Waals surface area contributed by atoms with Gasteiger partial charge in [0.05, 0.1) is 0 Å². The predicted molar refractivity (Wildman–Crippen MR) is 58.9 cm³/mol. The number of aryl methyl sites for hydroxylation is 1. The number of hydrogen-bond acceptors (Lipinski definition) is 3. The third-order valence-corrected chi connectivity index (χ3v) is 4.22. The van der Waals surface area contributed by atoms with Crippen LogP contribution in [0.25, 0.3) is 0 Å². The Bertz CT molecular complexity index is 304. The summed E-state index contributed by atoms with van der Waals surface area (Å²) in [7, 11) is 0. The van der Waals surface area contributed by atoms with Gasteiger partial charge >= 0.3 is 0 Å². The van der Waals surface area contributed by atoms with E-state index in [4.69, 9.17) is 5.21 Å². The Hall–Kier alpha value is -0.380. The quantitative estimate of drug-likeness (QED) is 0.702. The van der Waals surface area contributed by atoms with Gasteiger partial charge in [-0.05, 0) is 60.9 Å². The highest BCUT2D eigenvalue weighted by Gasteiger charge is 2.28. The fourth-order valence-corrected chi connectivity index (χ4v) is 3.48. The lowest BCUT2D eigenvalue weighted by Crippen LogP contribution is -2.00. The van der Waals surface area contributed by atoms with E-state index in [9.17, 15) is 0 Å². The smallest absolute Gasteiger partial charge is 0.00801 e. The highest BCUT2D eigenvalue weighted by molar-refractivity contribution is 7.10. The molecule has 0 amide bonds. The van der Waals surface area contributed by atoms with Crippen molar-refractivity contribution in [2.24, 2.45) is 5.90 Å². The zero-order valence-corrected chi connectivity index (χ0v) is 9.15. The summed E-state index contributed by atoms with van der Waals surface area (Å²) in [6, 6.07) is 0. The van der Waals surface area contributed by atoms with Crippen LogP contribution >= 0.6 is 11.3 Å². The average molecular weight is 211 g/mol. The van der Waals surface area contributed by atoms with Crippen molar-refractivity contribution in [2.75, 3.05) is 0 Å². The Morgan fingerprint density at radius 2 is 1.93 bits per heavy atom. The van der Waals surface area contributed by atoms with Crippen molar-refractivity contribution in [3.8, 4) is 0 Å². The van der Waals surface area contributed by atoms with Crippen molar-refractivity contribution >= 4 is 11.3 Å². The van der Waals surface area contributed by atoms with Gasteiger partial charge in [-0.1, -0.05) is 0 Å². The molecule has 0 aromatic carbocycles. The number of thiophene rings is 1. The summed E-state index contributed by atoms with van der Waals surface area (Å²) >= 11 is 2.02. The predicted octanol–water partition coefficient (Wildman–Crippen LogP) is 2.84. The van der Waals surface area contributed by atoms with E-state index in [1.807, 2.05) is 11.3 Å². The molecule has 1 fully saturated rings. The minimum Gasteiger partial charge on any atom is -0.320 e. The maximum Gasteiger partial charge on any atom is 0.00801 e. The minimum absolute atomic E-state index is 0.975. The molecule has 2 aliphatic rings. The molecule has 0 saturated heterocycles. The van der Waals surface area contributed by atoms with Crippen molar-refractivity contribution in [3.63, 3.8) is 0 Å². The van der Waals surface area contributed by atoms with Gasteiger partial charge in [0.15, 0.2) is 0 Å². The molecule has 0 radical (unpaired) electrons. The van der Waals surface area contributed by atoms with Crippen LogP contribution in [0.1, 0.15) is 47.6 Å². The summed E-state index contributed by atoms with van der Waals surface area (Å²) in [5, 5.41) is 8.94. The summed E-state index contributed by atoms with van der Waals surface area (Å²) in [4.78, 5) is 1.71. The summed E-state index contributed by atoms with van der Waals surface area (Å²) in [6.45, 7) is 0. The molecule has 2 nitrogen and oxygen atoms in total. The lowest BCUT2D eigenvalue weighted by Gasteiger charge is -2.12. The van der Waals surface area contributed by atoms with Crippen LogP contribution in [0.15, 0.2) is 5.38 Å². The average Bonchev–Trinajstić information content (AvgIpc) is 3.01. The molecule has 0 aliphatic heterocycles. The van der Waals surface area contributed by atoms with Gasteiger partial charge in [-0.3, -0.25) is 0 Å². The Morgan fingerprint density at radius 1 is 1.21 bits per heavy atom. The number of hydrogen-bond donors (Lipinski definition) is 2. The van der Waals surface area contributed by atoms with E-state index in [1.54, 1.807) is 16.0 Å². The van der Waals surface area contributed by atoms with Gasteiger partial charge in [0.2, 0.25) is 0 Å². The molecule has 3 heteroatoms. The van der Waals surface area contributed by atoms with Crippen LogP contribution in [0.5, 0.6) is 0 Å². The maximum atomic E-state index is 6.50. The summed E-state index contributed by atoms with van der Waals surface area (Å²) < 4.78 is 0. The van der Waals surface area contributed by atoms with Gasteiger partial charge in [0.25, 0.3) is 0 Å². The minimum atomic E-state index is 0.975. The van der Waals surface area contributed by atoms with Crippen LogP contribution in [-0.4, -0.2) is 5.21 Å². The molecule has 0 bridgehead atoms. The molecule has 3 N–H and O–H groups in total. The topological polar surface area (TPSA) is 46.2 Å². The van der Waals surface area contributed by atoms with Gasteiger partial charge in [-0.25, -0.2) is 5.90 Å². The molecular weight excluding hydrogens is 194 g/mol. The molecule has 1 aromatic rings. The second-order valence-corrected chi connectivity index (χ2v) is 5.04. The van der Waals surface area contributed by atoms with E-state index in [0.717, 1.165) is 5.92 Å². The molecular formula is C11H17NOS. The second kappa shape index (κ2) is 4.43. The van der Waals surface area contributed by atoms with Crippen LogP contribution in [-0.2, 0) is 12.8 Å². The van der Waals surface area contributed by atoms with Crippen molar-refractivity contribution < 1.29 is 5.21 Å². The number of nitrogens with two attached hydrogens (primary N) is 1. The highest BCUT2D eigenvalue weighted by Crippen LogP contribution is 2.45. The van der Waals surface area contributed by atoms with Crippen LogP contribution in [0.4, 0.5) is 0 Å². The van der Waals surface area contributed by atoms with Crippen molar-refractivity contribution in [2.45, 2.75) is 44.4 Å². The zero-order chi connectivity index (χ0) is 9.97. The lowest BCUT2D eigenvalue weighted by atomic mass is 9.94. The van der Waals surface area contributed by atoms with E-state index in [2.05, 4.69) is 11.3 Å². The Kier molecular flexibility index (Phi) is 3.21. The van der Waals surface area contributed by atoms with E-state index in [-0.39, 0.29) is 0 Å². The lowest BCUT2D eigenvalue weighted by molar-refractivity contribution is 0.311. The Balaban J connectivity index is 0.000000354. The van der Waals surface area contributed by atoms with Gasteiger partial charge in [0.1, 0.15) is 0 Å². The highest BCUT2D eigenvalue weighted by atomic mass is 32.1. The summed E-state index contributed by atoms with van der Waals surface area (Å²) in [5.74, 6) is 4.48. The second-order valence-electron chi connectivity index (χ2n) is 4.07. The standard InChI is InChI=1S/C11H14S.H3NO/c1-2-4-11-9(3-1)10(7-12-11)8-5-6-8;1-2/h7-8H,1-6H2;2H,1H2. The van der Waals surface area contributed by atoms with Gasteiger partial charge in [-0.2, -0.15) is 0 Å². The van der Waals surface area contributed by atoms with E-state index in [1.165, 1.54) is 38.5 Å². The molecule has 2 aliphatic carbocycles. The van der Waals surface area contributed by atoms with E-state index >= 15 is 0 Å². The first-order valence-corrected chi connectivity index (χ1v) is 6.18. The van der Waals surface area contributed by atoms with Gasteiger partial charge < -0.3 is 5.21 Å². The molecule has 0 atom stereocenters. The summed E-state index contributed by atoms with van der Waals surface area (Å²) in [5.41, 5.74) is 3.49. The molecule has 3 rings (SSSR count). The largest absolute Gasteiger partial charge is 0.320 e. The third kappa shape index (κ3) is 1.85. The summed E-state index contributed by atoms with van der Waals surface area (Å²) in [6.07, 6.45) is 8.53. The third-order valence-electron chi connectivity index (χ3n) is 3.11. The Labute approximate surface area is 88.7 Å². The SMILES string of the molecule is NO.c1sc2c(c1C1CC1)CCCC2. The normalized spacial score (nSPS) is 19.6. The van der Waals surface area contributed by atoms with E-state index in [0.29, 0.717) is 0 Å². The van der Waals surface area contributed by atoms with Crippen molar-refractivity contribution in [1.82, 2.24) is 0 Å². The molecule has 14 heavy (non-hydrogen) atoms. The molecule has 1 saturated carbocycles. The van der Waals surface area contributed by atoms with E-state index < -0.39 is 0 Å². The van der Waals surface area contributed by atoms with Crippen LogP contribution in [0, 0.1) is 0 Å². The molecule has 78 valence electrons. The fraction of sp³-hybridized carbons (Fsp3) is 0.636. The first kappa shape index (κ1) is 10.1. The first-order chi connectivity index (χ1) is 6.95. The number of rotatable bonds is 1. The van der Waals surface area contributed by atoms with Crippen LogP contribution in [0.2, 0.25) is 0 Å². The monoisotopic (exact) mass is 211 g/mol. The molecule has 1 heterocycles. The molecule has 0 unspecified atom stereocenters. The van der Waals surface area contributed by atoms with Crippen molar-refractivity contribution in [1.29, 1.82) is 0 Å². The molecule has 1 aromatic heterocycles. The van der Waals surface area contributed by atoms with Crippen molar-refractivity contribution in [3.05, 3.63) is 21.4 Å². The van der Waals surface area contributed by atoms with Gasteiger partial charge in [-0.15, -0.1) is 11.3 Å². The van der Waals surface area contributed by atoms with Crippen LogP contribution in [0.3, 0.4) is 0 Å². The molecule has 0 spiro atoms. The maximum absolute atomic E-state index is 6.50. The van der Waals surface area contributed by atoms with Crippen LogP contribution < -0.4 is 5.90 Å². The zero-order valence-electron chi connectivity index (χ0n) is 8.33. The Morgan fingerprint density at radius 3 is 2.64 bits per heavy atom. The number of fused-ring (bicyclic) bond motifs is 1. The first-order valence-electron chi connectivity index (χ1n) is 5.30. The van der Waals surface area contributed by atoms with Gasteiger partial charge in [0, 0.05) is 4.88 Å². The fourth-order valence-electron chi connectivity index (χ4n) is 2.26.